The molecule has 0 N–H and O–H groups in total. The van der Waals surface area contributed by atoms with Gasteiger partial charge in [0.2, 0.25) is 0 Å². The van der Waals surface area contributed by atoms with Crippen LogP contribution < -0.4 is 0 Å². The van der Waals surface area contributed by atoms with Crippen molar-refractivity contribution in [3.05, 3.63) is 146 Å². The highest BCUT2D eigenvalue weighted by Gasteiger charge is 2.19. The SMILES string of the molecule is c1ccc(-c2cccc(-c3ncnc(-c4ccc5c6c7sc8ccccc8c7ccc6n(-c6ccccc6)c5c4)n3)c2)cc1. The summed E-state index contributed by atoms with van der Waals surface area (Å²) in [5.74, 6) is 1.31. The number of thiophene rings is 1. The molecule has 0 radical (unpaired) electrons. The number of para-hydroxylation sites is 1. The van der Waals surface area contributed by atoms with E-state index in [1.165, 1.54) is 36.5 Å². The highest BCUT2D eigenvalue weighted by Crippen LogP contribution is 2.43. The maximum atomic E-state index is 4.96. The van der Waals surface area contributed by atoms with Crippen molar-refractivity contribution in [2.45, 2.75) is 0 Å². The van der Waals surface area contributed by atoms with E-state index < -0.39 is 0 Å². The van der Waals surface area contributed by atoms with Crippen molar-refractivity contribution in [2.75, 3.05) is 0 Å². The molecule has 0 fully saturated rings. The molecule has 9 aromatic rings. The first kappa shape index (κ1) is 24.9. The number of hydrogen-bond donors (Lipinski definition) is 0. The summed E-state index contributed by atoms with van der Waals surface area (Å²) in [4.78, 5) is 14.1. The second kappa shape index (κ2) is 9.97. The van der Waals surface area contributed by atoms with E-state index in [0.717, 1.165) is 33.5 Å². The zero-order valence-corrected chi connectivity index (χ0v) is 24.4. The summed E-state index contributed by atoms with van der Waals surface area (Å²) in [5, 5.41) is 5.10. The van der Waals surface area contributed by atoms with Gasteiger partial charge in [0.05, 0.1) is 11.0 Å². The molecule has 0 atom stereocenters. The Morgan fingerprint density at radius 2 is 1.16 bits per heavy atom. The first-order valence-corrected chi connectivity index (χ1v) is 15.4. The lowest BCUT2D eigenvalue weighted by Gasteiger charge is -2.09. The molecule has 0 aliphatic rings. The average Bonchev–Trinajstić information content (AvgIpc) is 3.64. The lowest BCUT2D eigenvalue weighted by atomic mass is 10.0. The number of hydrogen-bond acceptors (Lipinski definition) is 4. The van der Waals surface area contributed by atoms with Crippen molar-refractivity contribution in [1.29, 1.82) is 0 Å². The summed E-state index contributed by atoms with van der Waals surface area (Å²) in [6, 6.07) is 49.2. The topological polar surface area (TPSA) is 43.6 Å². The molecule has 0 unspecified atom stereocenters. The van der Waals surface area contributed by atoms with Gasteiger partial charge in [-0.25, -0.2) is 15.0 Å². The Morgan fingerprint density at radius 1 is 0.477 bits per heavy atom. The first-order chi connectivity index (χ1) is 21.8. The molecule has 3 aromatic heterocycles. The lowest BCUT2D eigenvalue weighted by Crippen LogP contribution is -1.96. The van der Waals surface area contributed by atoms with E-state index >= 15 is 0 Å². The summed E-state index contributed by atoms with van der Waals surface area (Å²) >= 11 is 1.87. The minimum atomic E-state index is 0.652. The molecule has 6 aromatic carbocycles. The molecule has 9 rings (SSSR count). The minimum Gasteiger partial charge on any atom is -0.309 e. The molecule has 3 heterocycles. The third kappa shape index (κ3) is 3.94. The molecule has 0 bridgehead atoms. The fraction of sp³-hybridized carbons (Fsp3) is 0. The fourth-order valence-corrected chi connectivity index (χ4v) is 7.58. The third-order valence-corrected chi connectivity index (χ3v) is 9.55. The molecule has 44 heavy (non-hydrogen) atoms. The number of rotatable bonds is 4. The van der Waals surface area contributed by atoms with Crippen LogP contribution in [0.3, 0.4) is 0 Å². The van der Waals surface area contributed by atoms with Gasteiger partial charge in [0.25, 0.3) is 0 Å². The van der Waals surface area contributed by atoms with E-state index in [4.69, 9.17) is 4.98 Å². The van der Waals surface area contributed by atoms with E-state index in [2.05, 4.69) is 148 Å². The van der Waals surface area contributed by atoms with Gasteiger partial charge >= 0.3 is 0 Å². The normalized spacial score (nSPS) is 11.6. The zero-order chi connectivity index (χ0) is 29.0. The highest BCUT2D eigenvalue weighted by molar-refractivity contribution is 7.26. The Balaban J connectivity index is 1.24. The Labute approximate surface area is 257 Å². The van der Waals surface area contributed by atoms with Crippen LogP contribution in [0, 0.1) is 0 Å². The van der Waals surface area contributed by atoms with Crippen molar-refractivity contribution >= 4 is 53.3 Å². The molecule has 0 aliphatic carbocycles. The Morgan fingerprint density at radius 3 is 2.00 bits per heavy atom. The molecule has 0 amide bonds. The Bertz CT molecular complexity index is 2490. The molecule has 206 valence electrons. The van der Waals surface area contributed by atoms with Gasteiger partial charge in [-0.1, -0.05) is 103 Å². The van der Waals surface area contributed by atoms with Crippen LogP contribution in [0.4, 0.5) is 0 Å². The van der Waals surface area contributed by atoms with Gasteiger partial charge in [-0.15, -0.1) is 11.3 Å². The molecule has 0 spiro atoms. The van der Waals surface area contributed by atoms with Crippen molar-refractivity contribution in [1.82, 2.24) is 19.5 Å². The summed E-state index contributed by atoms with van der Waals surface area (Å²) in [6.45, 7) is 0. The number of benzene rings is 6. The van der Waals surface area contributed by atoms with Gasteiger partial charge in [-0.2, -0.15) is 0 Å². The summed E-state index contributed by atoms with van der Waals surface area (Å²) in [7, 11) is 0. The third-order valence-electron chi connectivity index (χ3n) is 8.35. The first-order valence-electron chi connectivity index (χ1n) is 14.6. The van der Waals surface area contributed by atoms with E-state index in [-0.39, 0.29) is 0 Å². The number of aromatic nitrogens is 4. The standard InChI is InChI=1S/C39H24N4S/c1-3-10-25(11-4-1)26-12-9-13-27(22-26)38-40-24-41-39(42-38)28-18-19-32-34(23-28)43(29-14-5-2-6-15-29)33-21-20-31-30-16-7-8-17-35(30)44-37(31)36(32)33/h1-24H. The van der Waals surface area contributed by atoms with Crippen LogP contribution in [0.15, 0.2) is 146 Å². The molecular formula is C39H24N4S. The molecule has 0 saturated carbocycles. The van der Waals surface area contributed by atoms with Gasteiger partial charge in [0, 0.05) is 47.8 Å². The van der Waals surface area contributed by atoms with E-state index in [0.29, 0.717) is 11.6 Å². The second-order valence-electron chi connectivity index (χ2n) is 10.9. The van der Waals surface area contributed by atoms with Crippen LogP contribution in [0.5, 0.6) is 0 Å². The summed E-state index contributed by atoms with van der Waals surface area (Å²) in [5.41, 5.74) is 7.65. The van der Waals surface area contributed by atoms with Crippen molar-refractivity contribution in [3.63, 3.8) is 0 Å². The second-order valence-corrected chi connectivity index (χ2v) is 12.0. The number of nitrogens with zero attached hydrogens (tertiary/aromatic N) is 4. The van der Waals surface area contributed by atoms with E-state index in [9.17, 15) is 0 Å². The smallest absolute Gasteiger partial charge is 0.163 e. The van der Waals surface area contributed by atoms with Crippen LogP contribution >= 0.6 is 11.3 Å². The molecule has 4 nitrogen and oxygen atoms in total. The number of fused-ring (bicyclic) bond motifs is 7. The van der Waals surface area contributed by atoms with Gasteiger partial charge in [0.1, 0.15) is 6.33 Å². The van der Waals surface area contributed by atoms with Crippen LogP contribution in [0.2, 0.25) is 0 Å². The van der Waals surface area contributed by atoms with Crippen LogP contribution in [0.25, 0.3) is 81.6 Å². The van der Waals surface area contributed by atoms with Crippen LogP contribution in [-0.2, 0) is 0 Å². The molecule has 0 aliphatic heterocycles. The van der Waals surface area contributed by atoms with Crippen LogP contribution in [-0.4, -0.2) is 19.5 Å². The molecular weight excluding hydrogens is 557 g/mol. The average molecular weight is 581 g/mol. The van der Waals surface area contributed by atoms with Crippen LogP contribution in [0.1, 0.15) is 0 Å². The molecule has 0 saturated heterocycles. The predicted octanol–water partition coefficient (Wildman–Crippen LogP) is 10.3. The largest absolute Gasteiger partial charge is 0.309 e. The van der Waals surface area contributed by atoms with Gasteiger partial charge < -0.3 is 4.57 Å². The van der Waals surface area contributed by atoms with Gasteiger partial charge in [-0.05, 0) is 47.5 Å². The monoisotopic (exact) mass is 580 g/mol. The zero-order valence-electron chi connectivity index (χ0n) is 23.6. The maximum absolute atomic E-state index is 4.96. The maximum Gasteiger partial charge on any atom is 0.163 e. The quantitative estimate of drug-likeness (QED) is 0.208. The fourth-order valence-electron chi connectivity index (χ4n) is 6.32. The van der Waals surface area contributed by atoms with Crippen molar-refractivity contribution in [2.24, 2.45) is 0 Å². The van der Waals surface area contributed by atoms with Gasteiger partial charge in [-0.3, -0.25) is 0 Å². The van der Waals surface area contributed by atoms with Crippen molar-refractivity contribution in [3.8, 4) is 39.6 Å². The van der Waals surface area contributed by atoms with Gasteiger partial charge in [0.15, 0.2) is 11.6 Å². The van der Waals surface area contributed by atoms with E-state index in [1.807, 2.05) is 17.4 Å². The lowest BCUT2D eigenvalue weighted by molar-refractivity contribution is 1.06. The van der Waals surface area contributed by atoms with E-state index in [1.54, 1.807) is 6.33 Å². The predicted molar refractivity (Wildman–Crippen MR) is 183 cm³/mol. The minimum absolute atomic E-state index is 0.652. The molecule has 5 heteroatoms. The Kier molecular flexibility index (Phi) is 5.64. The summed E-state index contributed by atoms with van der Waals surface area (Å²) in [6.07, 6.45) is 1.62. The van der Waals surface area contributed by atoms with Crippen molar-refractivity contribution < 1.29 is 0 Å². The Hall–Kier alpha value is -5.65. The highest BCUT2D eigenvalue weighted by atomic mass is 32.1. The summed E-state index contributed by atoms with van der Waals surface area (Å²) < 4.78 is 4.99.